The molecule has 0 radical (unpaired) electrons. The van der Waals surface area contributed by atoms with Gasteiger partial charge in [0.05, 0.1) is 12.2 Å². The maximum absolute atomic E-state index is 13.6. The third kappa shape index (κ3) is 3.66. The van der Waals surface area contributed by atoms with Crippen molar-refractivity contribution in [1.82, 2.24) is 5.32 Å². The Morgan fingerprint density at radius 3 is 2.92 bits per heavy atom. The Morgan fingerprint density at radius 1 is 1.25 bits per heavy atom. The molecule has 1 amide bonds. The summed E-state index contributed by atoms with van der Waals surface area (Å²) in [5.74, 6) is -1.05. The first-order valence-electron chi connectivity index (χ1n) is 7.29. The van der Waals surface area contributed by atoms with Crippen LogP contribution in [0.3, 0.4) is 0 Å². The van der Waals surface area contributed by atoms with Crippen molar-refractivity contribution in [2.45, 2.75) is 13.0 Å². The second-order valence-corrected chi connectivity index (χ2v) is 5.73. The molecule has 0 unspecified atom stereocenters. The van der Waals surface area contributed by atoms with Crippen LogP contribution in [0.2, 0.25) is 5.02 Å². The number of hydrogen-bond donors (Lipinski definition) is 1. The van der Waals surface area contributed by atoms with Crippen LogP contribution >= 0.6 is 11.6 Å². The van der Waals surface area contributed by atoms with E-state index in [2.05, 4.69) is 5.32 Å². The molecule has 0 aliphatic carbocycles. The van der Waals surface area contributed by atoms with Crippen LogP contribution in [0.15, 0.2) is 30.3 Å². The molecule has 126 valence electrons. The van der Waals surface area contributed by atoms with Crippen molar-refractivity contribution in [2.75, 3.05) is 13.3 Å². The van der Waals surface area contributed by atoms with Gasteiger partial charge in [0.1, 0.15) is 17.4 Å². The topological polar surface area (TPSA) is 47.6 Å². The summed E-state index contributed by atoms with van der Waals surface area (Å²) in [6.07, 6.45) is 0.341. The lowest BCUT2D eigenvalue weighted by molar-refractivity contribution is -0.0172. The molecule has 0 spiro atoms. The molecule has 1 aliphatic heterocycles. The van der Waals surface area contributed by atoms with Gasteiger partial charge in [0, 0.05) is 17.1 Å². The number of fused-ring (bicyclic) bond motifs is 1. The van der Waals surface area contributed by atoms with Gasteiger partial charge < -0.3 is 14.8 Å². The Labute approximate surface area is 142 Å². The van der Waals surface area contributed by atoms with Crippen molar-refractivity contribution >= 4 is 17.5 Å². The molecule has 4 nitrogen and oxygen atoms in total. The average molecular weight is 354 g/mol. The van der Waals surface area contributed by atoms with E-state index in [1.807, 2.05) is 0 Å². The average Bonchev–Trinajstić information content (AvgIpc) is 2.56. The first-order valence-corrected chi connectivity index (χ1v) is 7.67. The molecule has 24 heavy (non-hydrogen) atoms. The van der Waals surface area contributed by atoms with E-state index >= 15 is 0 Å². The van der Waals surface area contributed by atoms with Gasteiger partial charge >= 0.3 is 0 Å². The fraction of sp³-hybridized carbons (Fsp3) is 0.235. The molecule has 1 aliphatic rings. The monoisotopic (exact) mass is 353 g/mol. The van der Waals surface area contributed by atoms with E-state index in [9.17, 15) is 13.6 Å². The van der Waals surface area contributed by atoms with Crippen molar-refractivity contribution in [3.05, 3.63) is 63.7 Å². The van der Waals surface area contributed by atoms with Crippen LogP contribution in [0.25, 0.3) is 0 Å². The normalized spacial score (nSPS) is 13.1. The Hall–Kier alpha value is -2.18. The number of benzene rings is 2. The first kappa shape index (κ1) is 16.7. The quantitative estimate of drug-likeness (QED) is 0.915. The van der Waals surface area contributed by atoms with Crippen molar-refractivity contribution in [2.24, 2.45) is 0 Å². The van der Waals surface area contributed by atoms with Crippen LogP contribution in [0.1, 0.15) is 21.5 Å². The lowest BCUT2D eigenvalue weighted by atomic mass is 10.1. The maximum atomic E-state index is 13.6. The minimum atomic E-state index is -0.652. The number of nitrogens with one attached hydrogen (secondary N) is 1. The zero-order valence-corrected chi connectivity index (χ0v) is 13.3. The molecule has 0 aromatic heterocycles. The smallest absolute Gasteiger partial charge is 0.254 e. The summed E-state index contributed by atoms with van der Waals surface area (Å²) in [5, 5.41) is 2.87. The van der Waals surface area contributed by atoms with Crippen molar-refractivity contribution < 1.29 is 23.0 Å². The number of carbonyl (C=O) groups is 1. The molecule has 2 aromatic carbocycles. The van der Waals surface area contributed by atoms with Gasteiger partial charge in [-0.25, -0.2) is 8.78 Å². The van der Waals surface area contributed by atoms with E-state index in [4.69, 9.17) is 21.1 Å². The van der Waals surface area contributed by atoms with E-state index in [1.165, 1.54) is 24.3 Å². The van der Waals surface area contributed by atoms with Crippen LogP contribution in [-0.4, -0.2) is 19.2 Å². The van der Waals surface area contributed by atoms with Crippen molar-refractivity contribution in [3.63, 3.8) is 0 Å². The Morgan fingerprint density at radius 2 is 2.08 bits per heavy atom. The largest absolute Gasteiger partial charge is 0.467 e. The predicted molar refractivity (Wildman–Crippen MR) is 84.1 cm³/mol. The number of rotatable bonds is 4. The lowest BCUT2D eigenvalue weighted by Gasteiger charge is -2.21. The van der Waals surface area contributed by atoms with E-state index < -0.39 is 17.5 Å². The molecule has 1 heterocycles. The predicted octanol–water partition coefficient (Wildman–Crippen LogP) is 3.46. The minimum Gasteiger partial charge on any atom is -0.467 e. The summed E-state index contributed by atoms with van der Waals surface area (Å²) in [6.45, 7) is 0.580. The lowest BCUT2D eigenvalue weighted by Crippen LogP contribution is -2.27. The molecule has 0 bridgehead atoms. The van der Waals surface area contributed by atoms with Crippen molar-refractivity contribution in [3.8, 4) is 5.75 Å². The summed E-state index contributed by atoms with van der Waals surface area (Å²) >= 11 is 5.77. The summed E-state index contributed by atoms with van der Waals surface area (Å²) in [6, 6.07) is 6.48. The highest BCUT2D eigenvalue weighted by atomic mass is 35.5. The molecule has 0 saturated heterocycles. The minimum absolute atomic E-state index is 0.103. The SMILES string of the molecule is O=C(NCCc1cc(F)cc2c1OCOC2)c1cc(Cl)ccc1F. The molecule has 7 heteroatoms. The third-order valence-corrected chi connectivity index (χ3v) is 3.84. The molecule has 0 fully saturated rings. The maximum Gasteiger partial charge on any atom is 0.254 e. The van der Waals surface area contributed by atoms with E-state index in [1.54, 1.807) is 0 Å². The van der Waals surface area contributed by atoms with Gasteiger partial charge in [-0.15, -0.1) is 0 Å². The highest BCUT2D eigenvalue weighted by Gasteiger charge is 2.17. The van der Waals surface area contributed by atoms with Crippen LogP contribution in [0.5, 0.6) is 5.75 Å². The summed E-state index contributed by atoms with van der Waals surface area (Å²) in [7, 11) is 0. The molecule has 2 aromatic rings. The van der Waals surface area contributed by atoms with Gasteiger partial charge in [0.25, 0.3) is 5.91 Å². The van der Waals surface area contributed by atoms with Crippen LogP contribution in [0.4, 0.5) is 8.78 Å². The number of hydrogen-bond acceptors (Lipinski definition) is 3. The highest BCUT2D eigenvalue weighted by molar-refractivity contribution is 6.31. The fourth-order valence-corrected chi connectivity index (χ4v) is 2.69. The molecule has 3 rings (SSSR count). The van der Waals surface area contributed by atoms with Gasteiger partial charge in [-0.3, -0.25) is 4.79 Å². The number of amides is 1. The second-order valence-electron chi connectivity index (χ2n) is 5.29. The molecular weight excluding hydrogens is 340 g/mol. The van der Waals surface area contributed by atoms with Gasteiger partial charge in [-0.1, -0.05) is 11.6 Å². The Balaban J connectivity index is 1.67. The summed E-state index contributed by atoms with van der Waals surface area (Å²) in [5.41, 5.74) is 1.12. The summed E-state index contributed by atoms with van der Waals surface area (Å²) in [4.78, 5) is 12.0. The van der Waals surface area contributed by atoms with E-state index in [0.29, 0.717) is 23.3 Å². The number of carbonyl (C=O) groups excluding carboxylic acids is 1. The standard InChI is InChI=1S/C17H14ClF2NO3/c18-12-1-2-15(20)14(7-12)17(22)21-4-3-10-5-13(19)6-11-8-23-9-24-16(10)11/h1-2,5-7H,3-4,8-9H2,(H,21,22). The number of halogens is 3. The van der Waals surface area contributed by atoms with E-state index in [-0.39, 0.29) is 30.5 Å². The van der Waals surface area contributed by atoms with Gasteiger partial charge in [0.15, 0.2) is 6.79 Å². The number of ether oxygens (including phenoxy) is 2. The van der Waals surface area contributed by atoms with Gasteiger partial charge in [-0.2, -0.15) is 0 Å². The van der Waals surface area contributed by atoms with Gasteiger partial charge in [-0.05, 0) is 42.3 Å². The van der Waals surface area contributed by atoms with Gasteiger partial charge in [0.2, 0.25) is 0 Å². The molecule has 1 N–H and O–H groups in total. The Kier molecular flexibility index (Phi) is 4.97. The molecule has 0 atom stereocenters. The van der Waals surface area contributed by atoms with E-state index in [0.717, 1.165) is 6.07 Å². The zero-order valence-electron chi connectivity index (χ0n) is 12.6. The van der Waals surface area contributed by atoms with Crippen LogP contribution in [0, 0.1) is 11.6 Å². The fourth-order valence-electron chi connectivity index (χ4n) is 2.52. The third-order valence-electron chi connectivity index (χ3n) is 3.60. The molecule has 0 saturated carbocycles. The van der Waals surface area contributed by atoms with Crippen LogP contribution < -0.4 is 10.1 Å². The zero-order chi connectivity index (χ0) is 17.1. The second kappa shape index (κ2) is 7.15. The molecular formula is C17H14ClF2NO3. The Bertz CT molecular complexity index is 783. The first-order chi connectivity index (χ1) is 11.5. The highest BCUT2D eigenvalue weighted by Crippen LogP contribution is 2.29. The van der Waals surface area contributed by atoms with Crippen LogP contribution in [-0.2, 0) is 17.8 Å². The summed E-state index contributed by atoms with van der Waals surface area (Å²) < 4.78 is 37.8. The van der Waals surface area contributed by atoms with Crippen molar-refractivity contribution in [1.29, 1.82) is 0 Å².